The first kappa shape index (κ1) is 26.1. The van der Waals surface area contributed by atoms with Crippen LogP contribution in [0.2, 0.25) is 0 Å². The highest BCUT2D eigenvalue weighted by Crippen LogP contribution is 2.32. The second kappa shape index (κ2) is 10.6. The zero-order valence-electron chi connectivity index (χ0n) is 24.1. The zero-order valence-corrected chi connectivity index (χ0v) is 24.1. The lowest BCUT2D eigenvalue weighted by Crippen LogP contribution is -1.92. The Hall–Kier alpha value is -5.78. The topological polar surface area (TPSA) is 73.2 Å². The molecule has 7 rings (SSSR count). The molecule has 3 heterocycles. The van der Waals surface area contributed by atoms with Crippen LogP contribution in [-0.4, -0.2) is 14.1 Å². The average Bonchev–Trinajstić information content (AvgIpc) is 3.75. The van der Waals surface area contributed by atoms with Crippen LogP contribution < -0.4 is 0 Å². The number of rotatable bonds is 6. The fourth-order valence-corrected chi connectivity index (χ4v) is 6.39. The lowest BCUT2D eigenvalue weighted by atomic mass is 10.1. The van der Waals surface area contributed by atoms with Gasteiger partial charge in [-0.15, -0.1) is 0 Å². The highest BCUT2D eigenvalue weighted by molar-refractivity contribution is 6.10. The molecule has 0 aliphatic heterocycles. The number of hydrogen-bond acceptors (Lipinski definition) is 2. The monoisotopic (exact) mass is 555 g/mol. The number of aromatic amines is 1. The Labute approximate surface area is 249 Å². The molecule has 0 aliphatic carbocycles. The van der Waals surface area contributed by atoms with Crippen molar-refractivity contribution in [1.29, 1.82) is 10.5 Å². The van der Waals surface area contributed by atoms with Gasteiger partial charge in [-0.2, -0.15) is 10.5 Å². The number of hydrogen-bond donors (Lipinski definition) is 1. The summed E-state index contributed by atoms with van der Waals surface area (Å²) >= 11 is 0. The molecule has 0 saturated heterocycles. The SMILES string of the molecule is CCn1c2ccccc2c2cc(/C=C(\C#N)c3ccc(/C(C#N)=C/c4ccc5c(c4)c4ccccc4n5CC)[nH]3)ccc21. The van der Waals surface area contributed by atoms with E-state index in [1.54, 1.807) is 0 Å². The molecular formula is C38H29N5. The molecule has 3 aromatic heterocycles. The number of nitriles is 2. The number of aromatic nitrogens is 3. The third-order valence-electron chi connectivity index (χ3n) is 8.35. The van der Waals surface area contributed by atoms with Crippen molar-refractivity contribution in [2.24, 2.45) is 0 Å². The number of H-pyrrole nitrogens is 1. The van der Waals surface area contributed by atoms with Crippen LogP contribution in [0.15, 0.2) is 97.1 Å². The van der Waals surface area contributed by atoms with Gasteiger partial charge in [0.05, 0.1) is 22.5 Å². The van der Waals surface area contributed by atoms with Gasteiger partial charge in [0.1, 0.15) is 12.1 Å². The van der Waals surface area contributed by atoms with Crippen LogP contribution in [-0.2, 0) is 13.1 Å². The van der Waals surface area contributed by atoms with Crippen LogP contribution in [0.3, 0.4) is 0 Å². The lowest BCUT2D eigenvalue weighted by Gasteiger charge is -2.03. The van der Waals surface area contributed by atoms with E-state index in [9.17, 15) is 10.5 Å². The van der Waals surface area contributed by atoms with Crippen molar-refractivity contribution in [2.45, 2.75) is 26.9 Å². The smallest absolute Gasteiger partial charge is 0.101 e. The van der Waals surface area contributed by atoms with E-state index in [0.29, 0.717) is 22.5 Å². The molecule has 0 spiro atoms. The number of nitrogens with zero attached hydrogens (tertiary/aromatic N) is 4. The van der Waals surface area contributed by atoms with Crippen LogP contribution >= 0.6 is 0 Å². The summed E-state index contributed by atoms with van der Waals surface area (Å²) in [5.74, 6) is 0. The number of allylic oxidation sites excluding steroid dienone is 2. The molecule has 0 bridgehead atoms. The minimum atomic E-state index is 0.510. The maximum Gasteiger partial charge on any atom is 0.101 e. The summed E-state index contributed by atoms with van der Waals surface area (Å²) < 4.78 is 4.63. The Bertz CT molecular complexity index is 2180. The van der Waals surface area contributed by atoms with E-state index >= 15 is 0 Å². The number of fused-ring (bicyclic) bond motifs is 6. The molecule has 0 amide bonds. The number of aryl methyl sites for hydroxylation is 2. The average molecular weight is 556 g/mol. The quantitative estimate of drug-likeness (QED) is 0.208. The molecule has 0 radical (unpaired) electrons. The predicted molar refractivity (Wildman–Crippen MR) is 178 cm³/mol. The highest BCUT2D eigenvalue weighted by Gasteiger charge is 2.13. The highest BCUT2D eigenvalue weighted by atomic mass is 15.0. The second-order valence-corrected chi connectivity index (χ2v) is 10.7. The fourth-order valence-electron chi connectivity index (χ4n) is 6.39. The third-order valence-corrected chi connectivity index (χ3v) is 8.35. The van der Waals surface area contributed by atoms with Crippen LogP contribution in [0.1, 0.15) is 36.4 Å². The maximum absolute atomic E-state index is 10.1. The summed E-state index contributed by atoms with van der Waals surface area (Å²) in [6, 6.07) is 38.0. The van der Waals surface area contributed by atoms with E-state index in [-0.39, 0.29) is 0 Å². The van der Waals surface area contributed by atoms with Crippen molar-refractivity contribution in [3.63, 3.8) is 0 Å². The van der Waals surface area contributed by atoms with Gasteiger partial charge in [0.2, 0.25) is 0 Å². The van der Waals surface area contributed by atoms with Crippen LogP contribution in [0.5, 0.6) is 0 Å². The van der Waals surface area contributed by atoms with Gasteiger partial charge in [-0.25, -0.2) is 0 Å². The maximum atomic E-state index is 10.1. The molecule has 0 atom stereocenters. The Morgan fingerprint density at radius 3 is 1.42 bits per heavy atom. The Morgan fingerprint density at radius 2 is 1.00 bits per heavy atom. The number of para-hydroxylation sites is 2. The van der Waals surface area contributed by atoms with Crippen molar-refractivity contribution in [3.8, 4) is 12.1 Å². The Kier molecular flexibility index (Phi) is 6.42. The molecule has 0 unspecified atom stereocenters. The van der Waals surface area contributed by atoms with Crippen molar-refractivity contribution in [2.75, 3.05) is 0 Å². The first-order valence-corrected chi connectivity index (χ1v) is 14.6. The largest absolute Gasteiger partial charge is 0.353 e. The van der Waals surface area contributed by atoms with Gasteiger partial charge in [-0.05, 0) is 85.7 Å². The van der Waals surface area contributed by atoms with Gasteiger partial charge < -0.3 is 14.1 Å². The minimum absolute atomic E-state index is 0.510. The molecular weight excluding hydrogens is 526 g/mol. The van der Waals surface area contributed by atoms with Crippen LogP contribution in [0, 0.1) is 22.7 Å². The zero-order chi connectivity index (χ0) is 29.5. The summed E-state index contributed by atoms with van der Waals surface area (Å²) in [6.07, 6.45) is 3.81. The van der Waals surface area contributed by atoms with Crippen molar-refractivity contribution in [3.05, 3.63) is 120 Å². The first-order chi connectivity index (χ1) is 21.1. The summed E-state index contributed by atoms with van der Waals surface area (Å²) in [5, 5.41) is 24.9. The molecule has 0 aliphatic rings. The molecule has 4 aromatic carbocycles. The van der Waals surface area contributed by atoms with E-state index < -0.39 is 0 Å². The van der Waals surface area contributed by atoms with E-state index in [1.807, 2.05) is 24.3 Å². The number of nitrogens with one attached hydrogen (secondary N) is 1. The van der Waals surface area contributed by atoms with Gasteiger partial charge in [0.15, 0.2) is 0 Å². The van der Waals surface area contributed by atoms with Gasteiger partial charge in [0, 0.05) is 56.7 Å². The normalized spacial score (nSPS) is 12.4. The van der Waals surface area contributed by atoms with Gasteiger partial charge in [-0.1, -0.05) is 48.5 Å². The second-order valence-electron chi connectivity index (χ2n) is 10.7. The summed E-state index contributed by atoms with van der Waals surface area (Å²) in [5.41, 5.74) is 9.07. The Morgan fingerprint density at radius 1 is 0.581 bits per heavy atom. The van der Waals surface area contributed by atoms with Crippen molar-refractivity contribution < 1.29 is 0 Å². The lowest BCUT2D eigenvalue weighted by molar-refractivity contribution is 0.827. The number of benzene rings is 4. The van der Waals surface area contributed by atoms with Crippen LogP contribution in [0.25, 0.3) is 66.9 Å². The summed E-state index contributed by atoms with van der Waals surface area (Å²) in [6.45, 7) is 6.09. The molecule has 0 saturated carbocycles. The summed E-state index contributed by atoms with van der Waals surface area (Å²) in [7, 11) is 0. The van der Waals surface area contributed by atoms with Crippen molar-refractivity contribution in [1.82, 2.24) is 14.1 Å². The summed E-state index contributed by atoms with van der Waals surface area (Å²) in [4.78, 5) is 3.33. The van der Waals surface area contributed by atoms with Crippen LogP contribution in [0.4, 0.5) is 0 Å². The Balaban J connectivity index is 1.24. The van der Waals surface area contributed by atoms with Gasteiger partial charge in [-0.3, -0.25) is 0 Å². The molecule has 0 fully saturated rings. The molecule has 5 heteroatoms. The first-order valence-electron chi connectivity index (χ1n) is 14.6. The van der Waals surface area contributed by atoms with E-state index in [1.165, 1.54) is 43.6 Å². The van der Waals surface area contributed by atoms with Gasteiger partial charge in [0.25, 0.3) is 0 Å². The van der Waals surface area contributed by atoms with Crippen molar-refractivity contribution >= 4 is 66.9 Å². The fraction of sp³-hybridized carbons (Fsp3) is 0.105. The van der Waals surface area contributed by atoms with E-state index in [0.717, 1.165) is 24.2 Å². The van der Waals surface area contributed by atoms with E-state index in [4.69, 9.17) is 0 Å². The molecule has 5 nitrogen and oxygen atoms in total. The van der Waals surface area contributed by atoms with E-state index in [2.05, 4.69) is 125 Å². The molecule has 206 valence electrons. The standard InChI is InChI=1S/C38H29N5/c1-3-42-35-11-7-5-9-29(35)31-21-25(13-17-37(31)42)19-27(23-39)33-15-16-34(41-33)28(24-40)20-26-14-18-38-32(22-26)30-10-6-8-12-36(30)43(38)4-2/h5-22,41H,3-4H2,1-2H3/b27-19+,28-20+. The molecule has 43 heavy (non-hydrogen) atoms. The molecule has 7 aromatic rings. The third kappa shape index (κ3) is 4.31. The molecule has 1 N–H and O–H groups in total. The predicted octanol–water partition coefficient (Wildman–Crippen LogP) is 9.40. The van der Waals surface area contributed by atoms with Gasteiger partial charge >= 0.3 is 0 Å². The minimum Gasteiger partial charge on any atom is -0.353 e.